The van der Waals surface area contributed by atoms with Crippen LogP contribution in [0.25, 0.3) is 0 Å². The molecule has 0 atom stereocenters. The maximum absolute atomic E-state index is 12.7. The number of aromatic amines is 1. The number of benzene rings is 1. The molecule has 0 saturated carbocycles. The SMILES string of the molecule is Nc1cc(Cl)cc(Oc2c(C(F)(F)F)nc[nH]c2=O)c1. The first-order chi connectivity index (χ1) is 9.27. The fourth-order valence-corrected chi connectivity index (χ4v) is 1.68. The Bertz CT molecular complexity index is 680. The number of nitrogens with one attached hydrogen (secondary N) is 1. The van der Waals surface area contributed by atoms with Crippen molar-refractivity contribution in [1.82, 2.24) is 9.97 Å². The molecule has 1 heterocycles. The molecule has 0 radical (unpaired) electrons. The summed E-state index contributed by atoms with van der Waals surface area (Å²) in [5, 5.41) is 0.161. The summed E-state index contributed by atoms with van der Waals surface area (Å²) in [5.41, 5.74) is 3.17. The predicted molar refractivity (Wildman–Crippen MR) is 65.8 cm³/mol. The number of ether oxygens (including phenoxy) is 1. The lowest BCUT2D eigenvalue weighted by molar-refractivity contribution is -0.142. The average molecular weight is 306 g/mol. The van der Waals surface area contributed by atoms with E-state index in [1.165, 1.54) is 18.2 Å². The third kappa shape index (κ3) is 3.02. The highest BCUT2D eigenvalue weighted by atomic mass is 35.5. The van der Waals surface area contributed by atoms with Gasteiger partial charge in [0.25, 0.3) is 5.56 Å². The number of alkyl halides is 3. The van der Waals surface area contributed by atoms with Gasteiger partial charge in [-0.1, -0.05) is 11.6 Å². The van der Waals surface area contributed by atoms with E-state index in [0.29, 0.717) is 6.33 Å². The number of hydrogen-bond acceptors (Lipinski definition) is 4. The van der Waals surface area contributed by atoms with E-state index in [0.717, 1.165) is 0 Å². The molecule has 2 aromatic rings. The Morgan fingerprint density at radius 2 is 2.00 bits per heavy atom. The molecule has 3 N–H and O–H groups in total. The Hall–Kier alpha value is -2.22. The van der Waals surface area contributed by atoms with Crippen LogP contribution in [0.2, 0.25) is 5.02 Å². The van der Waals surface area contributed by atoms with Crippen LogP contribution in [0.15, 0.2) is 29.3 Å². The minimum absolute atomic E-state index is 0.0981. The Morgan fingerprint density at radius 3 is 2.60 bits per heavy atom. The molecular formula is C11H7ClF3N3O2. The average Bonchev–Trinajstić information content (AvgIpc) is 2.29. The van der Waals surface area contributed by atoms with Gasteiger partial charge in [0.2, 0.25) is 5.75 Å². The third-order valence-corrected chi connectivity index (χ3v) is 2.41. The number of rotatable bonds is 2. The van der Waals surface area contributed by atoms with Crippen molar-refractivity contribution < 1.29 is 17.9 Å². The van der Waals surface area contributed by atoms with E-state index in [1.807, 2.05) is 4.98 Å². The van der Waals surface area contributed by atoms with Crippen molar-refractivity contribution >= 4 is 17.3 Å². The molecule has 0 bridgehead atoms. The van der Waals surface area contributed by atoms with Crippen LogP contribution in [-0.2, 0) is 6.18 Å². The fourth-order valence-electron chi connectivity index (χ4n) is 1.44. The zero-order valence-electron chi connectivity index (χ0n) is 9.66. The molecule has 0 amide bonds. The minimum Gasteiger partial charge on any atom is -0.449 e. The lowest BCUT2D eigenvalue weighted by atomic mass is 10.3. The van der Waals surface area contributed by atoms with Gasteiger partial charge >= 0.3 is 6.18 Å². The molecule has 1 aromatic carbocycles. The van der Waals surface area contributed by atoms with Gasteiger partial charge in [-0.2, -0.15) is 13.2 Å². The highest BCUT2D eigenvalue weighted by Gasteiger charge is 2.38. The van der Waals surface area contributed by atoms with Crippen LogP contribution >= 0.6 is 11.6 Å². The highest BCUT2D eigenvalue weighted by molar-refractivity contribution is 6.31. The molecule has 9 heteroatoms. The molecule has 1 aromatic heterocycles. The van der Waals surface area contributed by atoms with Crippen LogP contribution in [0.5, 0.6) is 11.5 Å². The van der Waals surface area contributed by atoms with E-state index in [1.54, 1.807) is 0 Å². The number of nitrogens with two attached hydrogens (primary N) is 1. The molecule has 0 unspecified atom stereocenters. The second kappa shape index (κ2) is 5.04. The van der Waals surface area contributed by atoms with E-state index < -0.39 is 23.2 Å². The first kappa shape index (κ1) is 14.2. The zero-order valence-corrected chi connectivity index (χ0v) is 10.4. The molecule has 106 valence electrons. The van der Waals surface area contributed by atoms with Gasteiger partial charge in [-0.25, -0.2) is 4.98 Å². The van der Waals surface area contributed by atoms with E-state index in [2.05, 4.69) is 4.98 Å². The third-order valence-electron chi connectivity index (χ3n) is 2.19. The lowest BCUT2D eigenvalue weighted by Gasteiger charge is -2.11. The summed E-state index contributed by atoms with van der Waals surface area (Å²) in [7, 11) is 0. The highest BCUT2D eigenvalue weighted by Crippen LogP contribution is 2.35. The van der Waals surface area contributed by atoms with Crippen molar-refractivity contribution in [2.75, 3.05) is 5.73 Å². The number of halogens is 4. The molecule has 0 fully saturated rings. The summed E-state index contributed by atoms with van der Waals surface area (Å²) in [6.45, 7) is 0. The lowest BCUT2D eigenvalue weighted by Crippen LogP contribution is -2.18. The second-order valence-electron chi connectivity index (χ2n) is 3.73. The smallest absolute Gasteiger partial charge is 0.437 e. The summed E-state index contributed by atoms with van der Waals surface area (Å²) in [6, 6.07) is 3.84. The number of aromatic nitrogens is 2. The Morgan fingerprint density at radius 1 is 1.30 bits per heavy atom. The van der Waals surface area contributed by atoms with Gasteiger partial charge in [-0.15, -0.1) is 0 Å². The molecule has 2 rings (SSSR count). The van der Waals surface area contributed by atoms with E-state index >= 15 is 0 Å². The summed E-state index contributed by atoms with van der Waals surface area (Å²) < 4.78 is 43.2. The van der Waals surface area contributed by atoms with Gasteiger partial charge < -0.3 is 15.5 Å². The summed E-state index contributed by atoms with van der Waals surface area (Å²) in [6.07, 6.45) is -4.18. The number of nitrogen functional groups attached to an aromatic ring is 1. The van der Waals surface area contributed by atoms with Crippen molar-refractivity contribution in [3.05, 3.63) is 45.6 Å². The number of hydrogen-bond donors (Lipinski definition) is 2. The van der Waals surface area contributed by atoms with Crippen molar-refractivity contribution in [2.24, 2.45) is 0 Å². The molecule has 0 saturated heterocycles. The normalized spacial score (nSPS) is 11.4. The van der Waals surface area contributed by atoms with Gasteiger partial charge in [-0.05, 0) is 12.1 Å². The summed E-state index contributed by atoms with van der Waals surface area (Å²) in [4.78, 5) is 16.6. The van der Waals surface area contributed by atoms with Crippen molar-refractivity contribution in [2.45, 2.75) is 6.18 Å². The molecule has 0 aliphatic heterocycles. The standard InChI is InChI=1S/C11H7ClF3N3O2/c12-5-1-6(16)3-7(2-5)20-8-9(11(13,14)15)17-4-18-10(8)19/h1-4H,16H2,(H,17,18,19). The summed E-state index contributed by atoms with van der Waals surface area (Å²) in [5.74, 6) is -1.07. The maximum Gasteiger partial charge on any atom is 0.437 e. The molecule has 0 aliphatic rings. The molecule has 0 aliphatic carbocycles. The predicted octanol–water partition coefficient (Wildman–Crippen LogP) is 2.82. The number of nitrogens with zero attached hydrogens (tertiary/aromatic N) is 1. The fraction of sp³-hybridized carbons (Fsp3) is 0.0909. The first-order valence-corrected chi connectivity index (χ1v) is 5.54. The molecular weight excluding hydrogens is 299 g/mol. The van der Waals surface area contributed by atoms with Gasteiger partial charge in [0, 0.05) is 16.8 Å². The van der Waals surface area contributed by atoms with Crippen molar-refractivity contribution in [3.8, 4) is 11.5 Å². The number of H-pyrrole nitrogens is 1. The topological polar surface area (TPSA) is 81.0 Å². The van der Waals surface area contributed by atoms with Crippen LogP contribution in [-0.4, -0.2) is 9.97 Å². The van der Waals surface area contributed by atoms with Crippen molar-refractivity contribution in [1.29, 1.82) is 0 Å². The van der Waals surface area contributed by atoms with Crippen molar-refractivity contribution in [3.63, 3.8) is 0 Å². The maximum atomic E-state index is 12.7. The Kier molecular flexibility index (Phi) is 3.58. The quantitative estimate of drug-likeness (QED) is 0.836. The van der Waals surface area contributed by atoms with Gasteiger partial charge in [0.15, 0.2) is 5.69 Å². The van der Waals surface area contributed by atoms with Crippen LogP contribution < -0.4 is 16.0 Å². The van der Waals surface area contributed by atoms with Crippen LogP contribution in [0.4, 0.5) is 18.9 Å². The largest absolute Gasteiger partial charge is 0.449 e. The van der Waals surface area contributed by atoms with Crippen LogP contribution in [0.3, 0.4) is 0 Å². The zero-order chi connectivity index (χ0) is 14.9. The summed E-state index contributed by atoms with van der Waals surface area (Å²) >= 11 is 5.70. The second-order valence-corrected chi connectivity index (χ2v) is 4.17. The van der Waals surface area contributed by atoms with E-state index in [9.17, 15) is 18.0 Å². The molecule has 0 spiro atoms. The van der Waals surface area contributed by atoms with E-state index in [-0.39, 0.29) is 16.5 Å². The monoisotopic (exact) mass is 305 g/mol. The molecule has 5 nitrogen and oxygen atoms in total. The first-order valence-electron chi connectivity index (χ1n) is 5.16. The Labute approximate surface area is 115 Å². The van der Waals surface area contributed by atoms with Gasteiger partial charge in [0.1, 0.15) is 5.75 Å². The van der Waals surface area contributed by atoms with Gasteiger partial charge in [-0.3, -0.25) is 4.79 Å². The number of anilines is 1. The molecule has 20 heavy (non-hydrogen) atoms. The minimum atomic E-state index is -4.83. The van der Waals surface area contributed by atoms with Crippen LogP contribution in [0.1, 0.15) is 5.69 Å². The van der Waals surface area contributed by atoms with Crippen LogP contribution in [0, 0.1) is 0 Å². The van der Waals surface area contributed by atoms with E-state index in [4.69, 9.17) is 22.1 Å². The van der Waals surface area contributed by atoms with Gasteiger partial charge in [0.05, 0.1) is 6.33 Å². The Balaban J connectivity index is 2.51.